The largest absolute Gasteiger partial charge is 0.393 e. The minimum atomic E-state index is -0.110. The molecule has 0 saturated heterocycles. The third kappa shape index (κ3) is 2.65. The van der Waals surface area contributed by atoms with Gasteiger partial charge in [-0.1, -0.05) is 37.6 Å². The van der Waals surface area contributed by atoms with Crippen LogP contribution < -0.4 is 0 Å². The summed E-state index contributed by atoms with van der Waals surface area (Å²) < 4.78 is 0. The Morgan fingerprint density at radius 1 is 1.38 bits per heavy atom. The Bertz CT molecular complexity index is 332. The van der Waals surface area contributed by atoms with Crippen molar-refractivity contribution in [3.8, 4) is 0 Å². The first-order valence-corrected chi connectivity index (χ1v) is 6.57. The number of aryl methyl sites for hydroxylation is 1. The van der Waals surface area contributed by atoms with Gasteiger partial charge in [0.05, 0.1) is 6.10 Å². The van der Waals surface area contributed by atoms with Crippen LogP contribution in [0.4, 0.5) is 0 Å². The number of hydrogen-bond donors (Lipinski definition) is 1. The fourth-order valence-corrected chi connectivity index (χ4v) is 2.88. The zero-order chi connectivity index (χ0) is 11.4. The van der Waals surface area contributed by atoms with Crippen LogP contribution in [0.1, 0.15) is 56.1 Å². The van der Waals surface area contributed by atoms with E-state index >= 15 is 0 Å². The molecule has 0 amide bonds. The fraction of sp³-hybridized carbons (Fsp3) is 0.600. The highest BCUT2D eigenvalue weighted by atomic mass is 16.3. The number of aliphatic hydroxyl groups is 1. The van der Waals surface area contributed by atoms with Crippen molar-refractivity contribution >= 4 is 0 Å². The smallest absolute Gasteiger partial charge is 0.0546 e. The van der Waals surface area contributed by atoms with Gasteiger partial charge in [0.25, 0.3) is 0 Å². The molecular formula is C15H22O. The highest BCUT2D eigenvalue weighted by Gasteiger charge is 2.21. The van der Waals surface area contributed by atoms with Crippen molar-refractivity contribution in [2.75, 3.05) is 0 Å². The number of hydrogen-bond acceptors (Lipinski definition) is 1. The third-order valence-corrected chi connectivity index (χ3v) is 3.67. The van der Waals surface area contributed by atoms with Gasteiger partial charge in [-0.05, 0) is 49.1 Å². The first kappa shape index (κ1) is 11.7. The molecule has 1 aromatic carbocycles. The van der Waals surface area contributed by atoms with Crippen molar-refractivity contribution in [3.05, 3.63) is 35.4 Å². The molecule has 1 aliphatic rings. The molecule has 0 unspecified atom stereocenters. The summed E-state index contributed by atoms with van der Waals surface area (Å²) in [7, 11) is 0. The lowest BCUT2D eigenvalue weighted by Gasteiger charge is -2.27. The molecule has 1 aromatic rings. The van der Waals surface area contributed by atoms with Gasteiger partial charge in [0.15, 0.2) is 0 Å². The molecule has 0 radical (unpaired) electrons. The molecule has 0 aromatic heterocycles. The second kappa shape index (κ2) is 5.49. The van der Waals surface area contributed by atoms with Crippen LogP contribution in [0.2, 0.25) is 0 Å². The molecule has 16 heavy (non-hydrogen) atoms. The van der Waals surface area contributed by atoms with E-state index in [1.54, 1.807) is 0 Å². The predicted octanol–water partition coefficient (Wildman–Crippen LogP) is 3.66. The van der Waals surface area contributed by atoms with Crippen molar-refractivity contribution in [3.63, 3.8) is 0 Å². The quantitative estimate of drug-likeness (QED) is 0.817. The molecular weight excluding hydrogens is 196 g/mol. The summed E-state index contributed by atoms with van der Waals surface area (Å²) in [4.78, 5) is 0. The molecule has 0 heterocycles. The summed E-state index contributed by atoms with van der Waals surface area (Å²) in [6, 6.07) is 8.75. The predicted molar refractivity (Wildman–Crippen MR) is 67.7 cm³/mol. The summed E-state index contributed by atoms with van der Waals surface area (Å²) in [5.74, 6) is 0.589. The standard InChI is InChI=1S/C15H22O/c1-2-6-14(16)11-13-9-5-8-12-7-3-4-10-15(12)13/h3-4,7,10,13-14,16H,2,5-6,8-9,11H2,1H3/t13-,14+/m0/s1. The molecule has 0 spiro atoms. The minimum absolute atomic E-state index is 0.110. The van der Waals surface area contributed by atoms with Crippen LogP contribution in [-0.2, 0) is 6.42 Å². The summed E-state index contributed by atoms with van der Waals surface area (Å²) in [6.07, 6.45) is 6.61. The van der Waals surface area contributed by atoms with Gasteiger partial charge in [-0.15, -0.1) is 0 Å². The number of rotatable bonds is 4. The van der Waals surface area contributed by atoms with Crippen LogP contribution in [0.15, 0.2) is 24.3 Å². The molecule has 2 rings (SSSR count). The van der Waals surface area contributed by atoms with Gasteiger partial charge in [-0.3, -0.25) is 0 Å². The molecule has 2 atom stereocenters. The number of aliphatic hydroxyl groups excluding tert-OH is 1. The van der Waals surface area contributed by atoms with Crippen molar-refractivity contribution in [1.82, 2.24) is 0 Å². The normalized spacial score (nSPS) is 21.5. The van der Waals surface area contributed by atoms with Crippen LogP contribution in [0.5, 0.6) is 0 Å². The van der Waals surface area contributed by atoms with E-state index in [0.717, 1.165) is 19.3 Å². The molecule has 1 heteroatoms. The van der Waals surface area contributed by atoms with Crippen LogP contribution in [0.3, 0.4) is 0 Å². The molecule has 1 N–H and O–H groups in total. The first-order chi connectivity index (χ1) is 7.81. The van der Waals surface area contributed by atoms with Gasteiger partial charge in [-0.2, -0.15) is 0 Å². The van der Waals surface area contributed by atoms with E-state index in [-0.39, 0.29) is 6.10 Å². The maximum absolute atomic E-state index is 9.93. The fourth-order valence-electron chi connectivity index (χ4n) is 2.88. The molecule has 0 saturated carbocycles. The van der Waals surface area contributed by atoms with E-state index < -0.39 is 0 Å². The van der Waals surface area contributed by atoms with E-state index in [9.17, 15) is 5.11 Å². The Morgan fingerprint density at radius 3 is 3.00 bits per heavy atom. The molecule has 0 bridgehead atoms. The van der Waals surface area contributed by atoms with Crippen molar-refractivity contribution in [2.45, 2.75) is 57.5 Å². The van der Waals surface area contributed by atoms with Gasteiger partial charge < -0.3 is 5.11 Å². The second-order valence-corrected chi connectivity index (χ2v) is 4.97. The molecule has 0 aliphatic heterocycles. The summed E-state index contributed by atoms with van der Waals surface area (Å²) in [5, 5.41) is 9.93. The average molecular weight is 218 g/mol. The zero-order valence-corrected chi connectivity index (χ0v) is 10.2. The Balaban J connectivity index is 2.07. The van der Waals surface area contributed by atoms with E-state index in [0.29, 0.717) is 5.92 Å². The summed E-state index contributed by atoms with van der Waals surface area (Å²) >= 11 is 0. The SMILES string of the molecule is CCC[C@@H](O)C[C@@H]1CCCc2ccccc21. The molecule has 1 aliphatic carbocycles. The van der Waals surface area contributed by atoms with Crippen LogP contribution in [0.25, 0.3) is 0 Å². The molecule has 88 valence electrons. The summed E-state index contributed by atoms with van der Waals surface area (Å²) in [5.41, 5.74) is 2.99. The topological polar surface area (TPSA) is 20.2 Å². The average Bonchev–Trinajstić information content (AvgIpc) is 2.30. The van der Waals surface area contributed by atoms with Gasteiger partial charge in [-0.25, -0.2) is 0 Å². The second-order valence-electron chi connectivity index (χ2n) is 4.97. The van der Waals surface area contributed by atoms with E-state index in [2.05, 4.69) is 31.2 Å². The van der Waals surface area contributed by atoms with Crippen LogP contribution in [-0.4, -0.2) is 11.2 Å². The minimum Gasteiger partial charge on any atom is -0.393 e. The van der Waals surface area contributed by atoms with Gasteiger partial charge in [0.2, 0.25) is 0 Å². The van der Waals surface area contributed by atoms with E-state index in [4.69, 9.17) is 0 Å². The van der Waals surface area contributed by atoms with Gasteiger partial charge in [0.1, 0.15) is 0 Å². The van der Waals surface area contributed by atoms with E-state index in [1.807, 2.05) is 0 Å². The first-order valence-electron chi connectivity index (χ1n) is 6.57. The monoisotopic (exact) mass is 218 g/mol. The van der Waals surface area contributed by atoms with Gasteiger partial charge in [0, 0.05) is 0 Å². The lowest BCUT2D eigenvalue weighted by Crippen LogP contribution is -2.16. The van der Waals surface area contributed by atoms with Crippen molar-refractivity contribution < 1.29 is 5.11 Å². The Labute approximate surface area is 98.5 Å². The van der Waals surface area contributed by atoms with Crippen molar-refractivity contribution in [1.29, 1.82) is 0 Å². The maximum atomic E-state index is 9.93. The zero-order valence-electron chi connectivity index (χ0n) is 10.2. The highest BCUT2D eigenvalue weighted by molar-refractivity contribution is 5.32. The molecule has 1 nitrogen and oxygen atoms in total. The lowest BCUT2D eigenvalue weighted by molar-refractivity contribution is 0.141. The van der Waals surface area contributed by atoms with Crippen LogP contribution >= 0.6 is 0 Å². The summed E-state index contributed by atoms with van der Waals surface area (Å²) in [6.45, 7) is 2.14. The Kier molecular flexibility index (Phi) is 4.00. The van der Waals surface area contributed by atoms with Crippen molar-refractivity contribution in [2.24, 2.45) is 0 Å². The highest BCUT2D eigenvalue weighted by Crippen LogP contribution is 2.35. The van der Waals surface area contributed by atoms with Gasteiger partial charge >= 0.3 is 0 Å². The maximum Gasteiger partial charge on any atom is 0.0546 e. The van der Waals surface area contributed by atoms with E-state index in [1.165, 1.54) is 30.4 Å². The Morgan fingerprint density at radius 2 is 2.19 bits per heavy atom. The third-order valence-electron chi connectivity index (χ3n) is 3.67. The Hall–Kier alpha value is -0.820. The number of fused-ring (bicyclic) bond motifs is 1. The lowest BCUT2D eigenvalue weighted by atomic mass is 9.79. The van der Waals surface area contributed by atoms with Crippen LogP contribution in [0, 0.1) is 0 Å². The number of benzene rings is 1. The molecule has 0 fully saturated rings.